The molecule has 1 aromatic carbocycles. The smallest absolute Gasteiger partial charge is 0.0260 e. The molecule has 1 fully saturated rings. The Balaban J connectivity index is 2.23. The van der Waals surface area contributed by atoms with E-state index < -0.39 is 0 Å². The van der Waals surface area contributed by atoms with Gasteiger partial charge in [0.25, 0.3) is 0 Å². The number of alkyl halides is 1. The fourth-order valence-electron chi connectivity index (χ4n) is 1.86. The summed E-state index contributed by atoms with van der Waals surface area (Å²) in [6.45, 7) is 2.31. The van der Waals surface area contributed by atoms with E-state index in [4.69, 9.17) is 11.6 Å². The van der Waals surface area contributed by atoms with Crippen molar-refractivity contribution < 1.29 is 0 Å². The molecule has 1 aromatic rings. The summed E-state index contributed by atoms with van der Waals surface area (Å²) >= 11 is 8.20. The summed E-state index contributed by atoms with van der Waals surface area (Å²) in [5.74, 6) is 1.48. The highest BCUT2D eigenvalue weighted by Crippen LogP contribution is 2.54. The van der Waals surface area contributed by atoms with Gasteiger partial charge < -0.3 is 0 Å². The number of halogens is 2. The molecule has 0 nitrogen and oxygen atoms in total. The van der Waals surface area contributed by atoms with Gasteiger partial charge in [0.15, 0.2) is 0 Å². The molecule has 0 spiro atoms. The van der Waals surface area contributed by atoms with Crippen molar-refractivity contribution in [2.75, 3.05) is 5.88 Å². The number of benzene rings is 1. The maximum atomic E-state index is 5.86. The zero-order valence-corrected chi connectivity index (χ0v) is 10.5. The third-order valence-electron chi connectivity index (χ3n) is 3.10. The third-order valence-corrected chi connectivity index (χ3v) is 4.19. The molecule has 0 saturated heterocycles. The Morgan fingerprint density at radius 3 is 2.54 bits per heavy atom. The summed E-state index contributed by atoms with van der Waals surface area (Å²) in [6, 6.07) is 8.80. The molecular formula is C11H12ClI. The van der Waals surface area contributed by atoms with E-state index in [1.165, 1.54) is 15.6 Å². The first-order valence-electron chi connectivity index (χ1n) is 4.49. The zero-order chi connectivity index (χ0) is 9.47. The van der Waals surface area contributed by atoms with E-state index in [0.29, 0.717) is 11.3 Å². The van der Waals surface area contributed by atoms with Gasteiger partial charge in [-0.1, -0.05) is 19.1 Å². The first-order chi connectivity index (χ1) is 6.16. The van der Waals surface area contributed by atoms with Crippen LogP contribution in [0.4, 0.5) is 0 Å². The van der Waals surface area contributed by atoms with Crippen molar-refractivity contribution in [3.05, 3.63) is 33.4 Å². The van der Waals surface area contributed by atoms with Crippen LogP contribution < -0.4 is 0 Å². The highest BCUT2D eigenvalue weighted by atomic mass is 127. The summed E-state index contributed by atoms with van der Waals surface area (Å²) in [5, 5.41) is 0. The van der Waals surface area contributed by atoms with E-state index in [0.717, 1.165) is 5.88 Å². The molecule has 0 radical (unpaired) electrons. The van der Waals surface area contributed by atoms with Gasteiger partial charge in [-0.15, -0.1) is 11.6 Å². The fraction of sp³-hybridized carbons (Fsp3) is 0.455. The van der Waals surface area contributed by atoms with Gasteiger partial charge in [-0.2, -0.15) is 0 Å². The molecule has 2 unspecified atom stereocenters. The Bertz CT molecular complexity index is 306. The SMILES string of the molecule is CC1(c2ccc(I)cc2)CC1CCl. The van der Waals surface area contributed by atoms with E-state index in [1.807, 2.05) is 0 Å². The van der Waals surface area contributed by atoms with Crippen LogP contribution in [0.3, 0.4) is 0 Å². The van der Waals surface area contributed by atoms with Gasteiger partial charge in [0.1, 0.15) is 0 Å². The number of hydrogen-bond acceptors (Lipinski definition) is 0. The monoisotopic (exact) mass is 306 g/mol. The molecule has 0 N–H and O–H groups in total. The number of rotatable bonds is 2. The van der Waals surface area contributed by atoms with Crippen LogP contribution in [0.5, 0.6) is 0 Å². The van der Waals surface area contributed by atoms with Crippen LogP contribution in [-0.2, 0) is 5.41 Å². The van der Waals surface area contributed by atoms with Crippen LogP contribution >= 0.6 is 34.2 Å². The minimum Gasteiger partial charge on any atom is -0.126 e. The van der Waals surface area contributed by atoms with Crippen molar-refractivity contribution in [1.29, 1.82) is 0 Å². The second-order valence-corrected chi connectivity index (χ2v) is 5.53. The van der Waals surface area contributed by atoms with Crippen LogP contribution in [0.15, 0.2) is 24.3 Å². The molecule has 13 heavy (non-hydrogen) atoms. The minimum atomic E-state index is 0.367. The summed E-state index contributed by atoms with van der Waals surface area (Å²) in [4.78, 5) is 0. The van der Waals surface area contributed by atoms with Crippen molar-refractivity contribution in [3.8, 4) is 0 Å². The molecule has 1 saturated carbocycles. The van der Waals surface area contributed by atoms with E-state index in [1.54, 1.807) is 0 Å². The van der Waals surface area contributed by atoms with Crippen LogP contribution in [0.2, 0.25) is 0 Å². The predicted octanol–water partition coefficient (Wildman–Crippen LogP) is 3.81. The van der Waals surface area contributed by atoms with E-state index >= 15 is 0 Å². The second-order valence-electron chi connectivity index (χ2n) is 3.98. The van der Waals surface area contributed by atoms with Crippen LogP contribution in [0, 0.1) is 9.49 Å². The van der Waals surface area contributed by atoms with Crippen LogP contribution in [-0.4, -0.2) is 5.88 Å². The maximum absolute atomic E-state index is 5.86. The highest BCUT2D eigenvalue weighted by Gasteiger charge is 2.50. The largest absolute Gasteiger partial charge is 0.126 e. The van der Waals surface area contributed by atoms with Gasteiger partial charge >= 0.3 is 0 Å². The lowest BCUT2D eigenvalue weighted by Gasteiger charge is -2.10. The standard InChI is InChI=1S/C11H12ClI/c1-11(6-9(11)7-12)8-2-4-10(13)5-3-8/h2-5,9H,6-7H2,1H3. The quantitative estimate of drug-likeness (QED) is 0.576. The summed E-state index contributed by atoms with van der Waals surface area (Å²) in [7, 11) is 0. The summed E-state index contributed by atoms with van der Waals surface area (Å²) in [6.07, 6.45) is 1.25. The molecule has 2 heteroatoms. The van der Waals surface area contributed by atoms with Crippen molar-refractivity contribution in [3.63, 3.8) is 0 Å². The number of hydrogen-bond donors (Lipinski definition) is 0. The minimum absolute atomic E-state index is 0.367. The molecular weight excluding hydrogens is 294 g/mol. The molecule has 0 aliphatic heterocycles. The Morgan fingerprint density at radius 2 is 2.08 bits per heavy atom. The second kappa shape index (κ2) is 3.43. The molecule has 0 amide bonds. The van der Waals surface area contributed by atoms with Crippen LogP contribution in [0.1, 0.15) is 18.9 Å². The van der Waals surface area contributed by atoms with Gasteiger partial charge in [-0.25, -0.2) is 0 Å². The van der Waals surface area contributed by atoms with E-state index in [9.17, 15) is 0 Å². The molecule has 1 aliphatic carbocycles. The van der Waals surface area contributed by atoms with Crippen LogP contribution in [0.25, 0.3) is 0 Å². The summed E-state index contributed by atoms with van der Waals surface area (Å²) < 4.78 is 1.30. The van der Waals surface area contributed by atoms with Crippen molar-refractivity contribution in [2.45, 2.75) is 18.8 Å². The van der Waals surface area contributed by atoms with Gasteiger partial charge in [-0.05, 0) is 58.0 Å². The van der Waals surface area contributed by atoms with Gasteiger partial charge in [0.2, 0.25) is 0 Å². The lowest BCUT2D eigenvalue weighted by atomic mass is 9.96. The Hall–Kier alpha value is 0.240. The predicted molar refractivity (Wildman–Crippen MR) is 65.3 cm³/mol. The first kappa shape index (κ1) is 9.78. The van der Waals surface area contributed by atoms with Crippen molar-refractivity contribution in [1.82, 2.24) is 0 Å². The molecule has 0 heterocycles. The molecule has 0 aromatic heterocycles. The third kappa shape index (κ3) is 1.73. The average Bonchev–Trinajstić information content (AvgIpc) is 2.80. The Morgan fingerprint density at radius 1 is 1.46 bits per heavy atom. The highest BCUT2D eigenvalue weighted by molar-refractivity contribution is 14.1. The molecule has 2 atom stereocenters. The van der Waals surface area contributed by atoms with E-state index in [-0.39, 0.29) is 0 Å². The summed E-state index contributed by atoms with van der Waals surface area (Å²) in [5.41, 5.74) is 1.81. The maximum Gasteiger partial charge on any atom is 0.0260 e. The molecule has 0 bridgehead atoms. The lowest BCUT2D eigenvalue weighted by molar-refractivity contribution is 0.705. The topological polar surface area (TPSA) is 0 Å². The molecule has 2 rings (SSSR count). The van der Waals surface area contributed by atoms with Gasteiger partial charge in [0.05, 0.1) is 0 Å². The zero-order valence-electron chi connectivity index (χ0n) is 7.56. The van der Waals surface area contributed by atoms with E-state index in [2.05, 4.69) is 53.8 Å². The normalized spacial score (nSPS) is 31.8. The molecule has 70 valence electrons. The first-order valence-corrected chi connectivity index (χ1v) is 6.10. The van der Waals surface area contributed by atoms with Crippen molar-refractivity contribution >= 4 is 34.2 Å². The Labute approximate surface area is 97.8 Å². The van der Waals surface area contributed by atoms with Gasteiger partial charge in [0, 0.05) is 9.45 Å². The fourth-order valence-corrected chi connectivity index (χ4v) is 2.67. The average molecular weight is 307 g/mol. The lowest BCUT2D eigenvalue weighted by Crippen LogP contribution is -2.04. The molecule has 1 aliphatic rings. The van der Waals surface area contributed by atoms with Gasteiger partial charge in [-0.3, -0.25) is 0 Å². The Kier molecular flexibility index (Phi) is 2.58. The van der Waals surface area contributed by atoms with Crippen molar-refractivity contribution in [2.24, 2.45) is 5.92 Å².